The van der Waals surface area contributed by atoms with Gasteiger partial charge in [-0.15, -0.1) is 0 Å². The number of hydrogen-bond donors (Lipinski definition) is 2. The molecule has 0 saturated carbocycles. The van der Waals surface area contributed by atoms with Crippen LogP contribution in [0.3, 0.4) is 0 Å². The Morgan fingerprint density at radius 2 is 1.54 bits per heavy atom. The Labute approximate surface area is 157 Å². The van der Waals surface area contributed by atoms with E-state index in [0.717, 1.165) is 6.42 Å². The van der Waals surface area contributed by atoms with Crippen LogP contribution in [-0.4, -0.2) is 22.2 Å². The van der Waals surface area contributed by atoms with Gasteiger partial charge in [-0.1, -0.05) is 72.8 Å². The van der Waals surface area contributed by atoms with Crippen molar-refractivity contribution in [3.05, 3.63) is 35.5 Å². The van der Waals surface area contributed by atoms with Crippen molar-refractivity contribution in [2.24, 2.45) is 28.6 Å². The topological polar surface area (TPSA) is 74.6 Å². The maximum absolute atomic E-state index is 11.9. The van der Waals surface area contributed by atoms with Gasteiger partial charge in [0.15, 0.2) is 0 Å². The third kappa shape index (κ3) is 4.46. The van der Waals surface area contributed by atoms with Gasteiger partial charge in [-0.05, 0) is 41.6 Å². The molecule has 4 nitrogen and oxygen atoms in total. The minimum absolute atomic E-state index is 0.0509. The molecule has 2 N–H and O–H groups in total. The fourth-order valence-corrected chi connectivity index (χ4v) is 4.27. The molecule has 146 valence electrons. The van der Waals surface area contributed by atoms with Gasteiger partial charge < -0.3 is 10.2 Å². The molecule has 0 aromatic heterocycles. The summed E-state index contributed by atoms with van der Waals surface area (Å²) >= 11 is 0. The van der Waals surface area contributed by atoms with Crippen molar-refractivity contribution in [2.75, 3.05) is 0 Å². The molecule has 0 fully saturated rings. The number of allylic oxidation sites excluding steroid dienone is 5. The molecule has 1 aliphatic rings. The first kappa shape index (κ1) is 22.2. The van der Waals surface area contributed by atoms with E-state index in [2.05, 4.69) is 40.7 Å². The molecule has 0 heterocycles. The van der Waals surface area contributed by atoms with Gasteiger partial charge in [-0.2, -0.15) is 0 Å². The van der Waals surface area contributed by atoms with Crippen LogP contribution in [-0.2, 0) is 9.59 Å². The van der Waals surface area contributed by atoms with Crippen LogP contribution < -0.4 is 0 Å². The Kier molecular flexibility index (Phi) is 7.03. The molecule has 1 aliphatic carbocycles. The van der Waals surface area contributed by atoms with Crippen molar-refractivity contribution < 1.29 is 19.8 Å². The highest BCUT2D eigenvalue weighted by molar-refractivity contribution is 6.13. The first-order valence-electron chi connectivity index (χ1n) is 9.40. The molecule has 0 aromatic rings. The third-order valence-corrected chi connectivity index (χ3v) is 5.21. The first-order chi connectivity index (χ1) is 11.8. The van der Waals surface area contributed by atoms with E-state index in [0.29, 0.717) is 17.9 Å². The second-order valence-electron chi connectivity index (χ2n) is 9.16. The lowest BCUT2D eigenvalue weighted by Gasteiger charge is -2.51. The molecule has 26 heavy (non-hydrogen) atoms. The largest absolute Gasteiger partial charge is 0.477 e. The maximum atomic E-state index is 11.9. The van der Waals surface area contributed by atoms with Gasteiger partial charge in [0, 0.05) is 5.41 Å². The van der Waals surface area contributed by atoms with Crippen molar-refractivity contribution >= 4 is 11.9 Å². The van der Waals surface area contributed by atoms with Crippen molar-refractivity contribution in [3.8, 4) is 0 Å². The van der Waals surface area contributed by atoms with Gasteiger partial charge in [0.25, 0.3) is 0 Å². The molecule has 0 bridgehead atoms. The van der Waals surface area contributed by atoms with Crippen LogP contribution in [0.2, 0.25) is 0 Å². The molecule has 0 radical (unpaired) electrons. The fourth-order valence-electron chi connectivity index (χ4n) is 4.27. The Morgan fingerprint density at radius 1 is 1.00 bits per heavy atom. The summed E-state index contributed by atoms with van der Waals surface area (Å²) in [5.41, 5.74) is -0.926. The molecule has 0 aromatic carbocycles. The molecule has 2 unspecified atom stereocenters. The zero-order chi connectivity index (χ0) is 20.3. The lowest BCUT2D eigenvalue weighted by molar-refractivity contribution is -0.140. The number of carboxylic acids is 2. The fraction of sp³-hybridized carbons (Fsp3) is 0.636. The monoisotopic (exact) mass is 362 g/mol. The van der Waals surface area contributed by atoms with Crippen LogP contribution in [0.5, 0.6) is 0 Å². The van der Waals surface area contributed by atoms with Crippen LogP contribution in [0.1, 0.15) is 61.3 Å². The molecule has 4 heteroatoms. The molecule has 0 saturated heterocycles. The van der Waals surface area contributed by atoms with E-state index in [9.17, 15) is 19.8 Å². The Balaban J connectivity index is 3.89. The quantitative estimate of drug-likeness (QED) is 0.365. The average Bonchev–Trinajstić information content (AvgIpc) is 2.44. The van der Waals surface area contributed by atoms with E-state index in [1.807, 2.05) is 32.1 Å². The lowest BCUT2D eigenvalue weighted by Crippen LogP contribution is -2.45. The minimum atomic E-state index is -1.36. The summed E-state index contributed by atoms with van der Waals surface area (Å²) in [7, 11) is 0. The lowest BCUT2D eigenvalue weighted by atomic mass is 9.52. The van der Waals surface area contributed by atoms with E-state index in [1.165, 1.54) is 0 Å². The molecule has 0 spiro atoms. The van der Waals surface area contributed by atoms with Crippen molar-refractivity contribution in [2.45, 2.75) is 61.3 Å². The van der Waals surface area contributed by atoms with Gasteiger partial charge in [-0.3, -0.25) is 0 Å². The van der Waals surface area contributed by atoms with Crippen LogP contribution in [0.15, 0.2) is 35.5 Å². The molecule has 0 amide bonds. The zero-order valence-electron chi connectivity index (χ0n) is 17.2. The Morgan fingerprint density at radius 3 is 1.92 bits per heavy atom. The van der Waals surface area contributed by atoms with Crippen LogP contribution in [0.4, 0.5) is 0 Å². The van der Waals surface area contributed by atoms with Crippen molar-refractivity contribution in [3.63, 3.8) is 0 Å². The van der Waals surface area contributed by atoms with Gasteiger partial charge in [-0.25, -0.2) is 9.59 Å². The maximum Gasteiger partial charge on any atom is 0.343 e. The first-order valence-corrected chi connectivity index (χ1v) is 9.40. The molecule has 2 atom stereocenters. The predicted octanol–water partition coefficient (Wildman–Crippen LogP) is 5.32. The van der Waals surface area contributed by atoms with Crippen LogP contribution in [0, 0.1) is 28.6 Å². The summed E-state index contributed by atoms with van der Waals surface area (Å²) in [5.74, 6) is -2.10. The van der Waals surface area contributed by atoms with Gasteiger partial charge in [0.2, 0.25) is 0 Å². The van der Waals surface area contributed by atoms with E-state index in [4.69, 9.17) is 0 Å². The van der Waals surface area contributed by atoms with E-state index < -0.39 is 22.9 Å². The summed E-state index contributed by atoms with van der Waals surface area (Å²) in [6.45, 7) is 14.5. The summed E-state index contributed by atoms with van der Waals surface area (Å²) < 4.78 is 0. The molecule has 0 aliphatic heterocycles. The van der Waals surface area contributed by atoms with E-state index in [1.54, 1.807) is 0 Å². The second kappa shape index (κ2) is 8.24. The number of rotatable bonds is 7. The Bertz CT molecular complexity index is 613. The Hall–Kier alpha value is -1.84. The summed E-state index contributed by atoms with van der Waals surface area (Å²) in [4.78, 5) is 23.8. The van der Waals surface area contributed by atoms with Gasteiger partial charge in [0.05, 0.1) is 0 Å². The molecule has 1 rings (SSSR count). The van der Waals surface area contributed by atoms with E-state index >= 15 is 0 Å². The van der Waals surface area contributed by atoms with Gasteiger partial charge >= 0.3 is 11.9 Å². The number of carbonyl (C=O) groups is 2. The highest BCUT2D eigenvalue weighted by atomic mass is 16.4. The standard InChI is InChI=1S/C22H34O4/c1-14(2)12-16-10-8-9-11-22(16,21(5,6)7)17(13-15(3)4)18(19(23)24)20(25)26/h8-11,14-16H,12-13H2,1-7H3,(H,23,24)(H,25,26). The van der Waals surface area contributed by atoms with Crippen molar-refractivity contribution in [1.82, 2.24) is 0 Å². The highest BCUT2D eigenvalue weighted by Crippen LogP contribution is 2.57. The second-order valence-corrected chi connectivity index (χ2v) is 9.16. The molecular formula is C22H34O4. The number of carboxylic acid groups (broad SMARTS) is 2. The van der Waals surface area contributed by atoms with Crippen LogP contribution >= 0.6 is 0 Å². The molecular weight excluding hydrogens is 328 g/mol. The third-order valence-electron chi connectivity index (χ3n) is 5.21. The summed E-state index contributed by atoms with van der Waals surface area (Å²) in [5, 5.41) is 19.5. The summed E-state index contributed by atoms with van der Waals surface area (Å²) in [6.07, 6.45) is 9.40. The normalized spacial score (nSPS) is 22.7. The highest BCUT2D eigenvalue weighted by Gasteiger charge is 2.50. The number of hydrogen-bond acceptors (Lipinski definition) is 2. The predicted molar refractivity (Wildman–Crippen MR) is 105 cm³/mol. The van der Waals surface area contributed by atoms with Gasteiger partial charge in [0.1, 0.15) is 5.57 Å². The summed E-state index contributed by atoms with van der Waals surface area (Å²) in [6, 6.07) is 0. The zero-order valence-corrected chi connectivity index (χ0v) is 17.2. The van der Waals surface area contributed by atoms with Crippen molar-refractivity contribution in [1.29, 1.82) is 0 Å². The van der Waals surface area contributed by atoms with Crippen LogP contribution in [0.25, 0.3) is 0 Å². The average molecular weight is 363 g/mol. The van der Waals surface area contributed by atoms with E-state index in [-0.39, 0.29) is 17.3 Å². The minimum Gasteiger partial charge on any atom is -0.477 e. The number of aliphatic carboxylic acids is 2. The smallest absolute Gasteiger partial charge is 0.343 e. The SMILES string of the molecule is CC(C)CC(=C(C(=O)O)C(=O)O)C1(C(C)(C)C)C=CC=CC1CC(C)C.